The molecule has 1 heterocycles. The molecule has 3 nitrogen and oxygen atoms in total. The largest absolute Gasteiger partial charge is 0.390 e. The average Bonchev–Trinajstić information content (AvgIpc) is 1.85. The summed E-state index contributed by atoms with van der Waals surface area (Å²) in [6.07, 6.45) is 0. The first kappa shape index (κ1) is 7.15. The van der Waals surface area contributed by atoms with Crippen LogP contribution in [0.3, 0.4) is 0 Å². The first-order valence-electron chi connectivity index (χ1n) is 3.14. The number of nitrogens with zero attached hydrogens (tertiary/aromatic N) is 2. The summed E-state index contributed by atoms with van der Waals surface area (Å²) in [4.78, 5) is 8.05. The average molecular weight is 138 g/mol. The Labute approximate surface area is 59.8 Å². The number of rotatable bonds is 1. The topological polar surface area (TPSA) is 46.0 Å². The molecule has 10 heavy (non-hydrogen) atoms. The Morgan fingerprint density at radius 2 is 2.10 bits per heavy atom. The van der Waals surface area contributed by atoms with Crippen molar-refractivity contribution in [2.45, 2.75) is 20.5 Å². The number of aliphatic hydroxyl groups is 1. The molecular weight excluding hydrogens is 128 g/mol. The van der Waals surface area contributed by atoms with Crippen molar-refractivity contribution in [2.75, 3.05) is 0 Å². The molecule has 1 N–H and O–H groups in total. The van der Waals surface area contributed by atoms with Gasteiger partial charge < -0.3 is 5.11 Å². The molecule has 0 aliphatic heterocycles. The number of hydrogen-bond acceptors (Lipinski definition) is 3. The van der Waals surface area contributed by atoms with E-state index in [1.165, 1.54) is 0 Å². The van der Waals surface area contributed by atoms with E-state index in [-0.39, 0.29) is 6.61 Å². The highest BCUT2D eigenvalue weighted by molar-refractivity contribution is 5.08. The summed E-state index contributed by atoms with van der Waals surface area (Å²) in [7, 11) is 0. The van der Waals surface area contributed by atoms with E-state index in [1.54, 1.807) is 6.07 Å². The monoisotopic (exact) mass is 138 g/mol. The third-order valence-corrected chi connectivity index (χ3v) is 1.18. The fourth-order valence-electron chi connectivity index (χ4n) is 0.875. The molecule has 0 aliphatic rings. The molecule has 0 spiro atoms. The van der Waals surface area contributed by atoms with Gasteiger partial charge in [-0.2, -0.15) is 0 Å². The third kappa shape index (κ3) is 1.51. The predicted octanol–water partition coefficient (Wildman–Crippen LogP) is 0.586. The van der Waals surface area contributed by atoms with Crippen LogP contribution < -0.4 is 0 Å². The second-order valence-electron chi connectivity index (χ2n) is 2.21. The minimum absolute atomic E-state index is 0.00972. The Kier molecular flexibility index (Phi) is 1.97. The van der Waals surface area contributed by atoms with Gasteiger partial charge in [-0.3, -0.25) is 0 Å². The highest BCUT2D eigenvalue weighted by Crippen LogP contribution is 1.98. The van der Waals surface area contributed by atoms with Crippen LogP contribution in [0, 0.1) is 13.8 Å². The Morgan fingerprint density at radius 1 is 1.40 bits per heavy atom. The summed E-state index contributed by atoms with van der Waals surface area (Å²) in [5.74, 6) is 0.712. The Balaban J connectivity index is 3.06. The van der Waals surface area contributed by atoms with Gasteiger partial charge in [0.15, 0.2) is 0 Å². The number of aryl methyl sites for hydroxylation is 2. The fraction of sp³-hybridized carbons (Fsp3) is 0.429. The highest BCUT2D eigenvalue weighted by atomic mass is 16.3. The molecule has 0 atom stereocenters. The molecule has 0 amide bonds. The van der Waals surface area contributed by atoms with Gasteiger partial charge in [-0.1, -0.05) is 0 Å². The maximum Gasteiger partial charge on any atom is 0.125 e. The smallest absolute Gasteiger partial charge is 0.125 e. The van der Waals surface area contributed by atoms with Gasteiger partial charge in [0.05, 0.1) is 12.3 Å². The molecular formula is C7H10N2O. The highest BCUT2D eigenvalue weighted by Gasteiger charge is 1.94. The van der Waals surface area contributed by atoms with Crippen LogP contribution in [0.25, 0.3) is 0 Å². The lowest BCUT2D eigenvalue weighted by molar-refractivity contribution is 0.276. The molecule has 0 bridgehead atoms. The Bertz CT molecular complexity index is 215. The SMILES string of the molecule is Cc1cc(CO)nc(C)n1. The van der Waals surface area contributed by atoms with E-state index in [4.69, 9.17) is 5.11 Å². The van der Waals surface area contributed by atoms with Gasteiger partial charge in [-0.05, 0) is 19.9 Å². The number of aromatic nitrogens is 2. The molecule has 0 unspecified atom stereocenters. The van der Waals surface area contributed by atoms with Gasteiger partial charge in [0.2, 0.25) is 0 Å². The normalized spacial score (nSPS) is 9.90. The van der Waals surface area contributed by atoms with Crippen molar-refractivity contribution in [3.05, 3.63) is 23.3 Å². The summed E-state index contributed by atoms with van der Waals surface area (Å²) in [6.45, 7) is 3.68. The molecule has 54 valence electrons. The number of aliphatic hydroxyl groups excluding tert-OH is 1. The van der Waals surface area contributed by atoms with Crippen molar-refractivity contribution in [3.8, 4) is 0 Å². The van der Waals surface area contributed by atoms with Crippen LogP contribution in [0.4, 0.5) is 0 Å². The summed E-state index contributed by atoms with van der Waals surface area (Å²) < 4.78 is 0. The van der Waals surface area contributed by atoms with Gasteiger partial charge in [-0.15, -0.1) is 0 Å². The van der Waals surface area contributed by atoms with E-state index in [9.17, 15) is 0 Å². The minimum Gasteiger partial charge on any atom is -0.390 e. The zero-order valence-electron chi connectivity index (χ0n) is 6.13. The van der Waals surface area contributed by atoms with E-state index >= 15 is 0 Å². The van der Waals surface area contributed by atoms with Gasteiger partial charge in [0.1, 0.15) is 5.82 Å². The van der Waals surface area contributed by atoms with Crippen LogP contribution in [-0.2, 0) is 6.61 Å². The standard InChI is InChI=1S/C7H10N2O/c1-5-3-7(4-10)9-6(2)8-5/h3,10H,4H2,1-2H3. The van der Waals surface area contributed by atoms with Crippen molar-refractivity contribution >= 4 is 0 Å². The zero-order chi connectivity index (χ0) is 7.56. The molecule has 1 aromatic rings. The molecule has 1 aromatic heterocycles. The number of hydrogen-bond donors (Lipinski definition) is 1. The van der Waals surface area contributed by atoms with Crippen molar-refractivity contribution in [2.24, 2.45) is 0 Å². The summed E-state index contributed by atoms with van der Waals surface area (Å²) in [5, 5.41) is 8.70. The summed E-state index contributed by atoms with van der Waals surface area (Å²) >= 11 is 0. The lowest BCUT2D eigenvalue weighted by Gasteiger charge is -1.97. The van der Waals surface area contributed by atoms with Crippen molar-refractivity contribution in [3.63, 3.8) is 0 Å². The van der Waals surface area contributed by atoms with Crippen molar-refractivity contribution < 1.29 is 5.11 Å². The van der Waals surface area contributed by atoms with Crippen LogP contribution >= 0.6 is 0 Å². The van der Waals surface area contributed by atoms with Gasteiger partial charge >= 0.3 is 0 Å². The lowest BCUT2D eigenvalue weighted by Crippen LogP contribution is -1.96. The Morgan fingerprint density at radius 3 is 2.60 bits per heavy atom. The molecule has 3 heteroatoms. The Hall–Kier alpha value is -0.960. The predicted molar refractivity (Wildman–Crippen MR) is 37.4 cm³/mol. The van der Waals surface area contributed by atoms with Crippen LogP contribution in [0.15, 0.2) is 6.07 Å². The van der Waals surface area contributed by atoms with E-state index in [0.717, 1.165) is 5.69 Å². The molecule has 0 fully saturated rings. The van der Waals surface area contributed by atoms with Crippen LogP contribution in [0.5, 0.6) is 0 Å². The van der Waals surface area contributed by atoms with Crippen LogP contribution in [0.1, 0.15) is 17.2 Å². The van der Waals surface area contributed by atoms with Crippen molar-refractivity contribution in [1.29, 1.82) is 0 Å². The first-order valence-corrected chi connectivity index (χ1v) is 3.14. The fourth-order valence-corrected chi connectivity index (χ4v) is 0.875. The molecule has 0 aromatic carbocycles. The molecule has 0 saturated carbocycles. The maximum absolute atomic E-state index is 8.70. The molecule has 1 rings (SSSR count). The molecule has 0 aliphatic carbocycles. The third-order valence-electron chi connectivity index (χ3n) is 1.18. The van der Waals surface area contributed by atoms with E-state index in [1.807, 2.05) is 13.8 Å². The minimum atomic E-state index is -0.00972. The van der Waals surface area contributed by atoms with E-state index < -0.39 is 0 Å². The van der Waals surface area contributed by atoms with E-state index in [0.29, 0.717) is 11.5 Å². The van der Waals surface area contributed by atoms with Crippen LogP contribution in [-0.4, -0.2) is 15.1 Å². The van der Waals surface area contributed by atoms with Crippen LogP contribution in [0.2, 0.25) is 0 Å². The first-order chi connectivity index (χ1) is 4.72. The second-order valence-corrected chi connectivity index (χ2v) is 2.21. The van der Waals surface area contributed by atoms with Gasteiger partial charge in [0.25, 0.3) is 0 Å². The summed E-state index contributed by atoms with van der Waals surface area (Å²) in [6, 6.07) is 1.77. The molecule has 0 saturated heterocycles. The van der Waals surface area contributed by atoms with Gasteiger partial charge in [0, 0.05) is 5.69 Å². The molecule has 0 radical (unpaired) electrons. The van der Waals surface area contributed by atoms with Gasteiger partial charge in [-0.25, -0.2) is 9.97 Å². The lowest BCUT2D eigenvalue weighted by atomic mass is 10.3. The quantitative estimate of drug-likeness (QED) is 0.617. The maximum atomic E-state index is 8.70. The van der Waals surface area contributed by atoms with E-state index in [2.05, 4.69) is 9.97 Å². The second kappa shape index (κ2) is 2.75. The summed E-state index contributed by atoms with van der Waals surface area (Å²) in [5.41, 5.74) is 1.58. The van der Waals surface area contributed by atoms with Crippen molar-refractivity contribution in [1.82, 2.24) is 9.97 Å². The zero-order valence-corrected chi connectivity index (χ0v) is 6.13.